The third-order valence-corrected chi connectivity index (χ3v) is 3.07. The third-order valence-electron chi connectivity index (χ3n) is 3.07. The predicted octanol–water partition coefficient (Wildman–Crippen LogP) is 3.24. The Morgan fingerprint density at radius 2 is 1.64 bits per heavy atom. The van der Waals surface area contributed by atoms with Gasteiger partial charge >= 0.3 is 0 Å². The lowest BCUT2D eigenvalue weighted by Gasteiger charge is -2.26. The van der Waals surface area contributed by atoms with E-state index in [-0.39, 0.29) is 11.5 Å². The number of nitrogens with two attached hydrogens (primary N) is 1. The zero-order chi connectivity index (χ0) is 20.0. The minimum absolute atomic E-state index is 0.229. The van der Waals surface area contributed by atoms with E-state index in [0.29, 0.717) is 25.0 Å². The van der Waals surface area contributed by atoms with Gasteiger partial charge in [0.25, 0.3) is 0 Å². The summed E-state index contributed by atoms with van der Waals surface area (Å²) in [5, 5.41) is 23.0. The van der Waals surface area contributed by atoms with Crippen molar-refractivity contribution >= 4 is 0 Å². The quantitative estimate of drug-likeness (QED) is 0.614. The standard InChI is InChI=1S/C14H27N3O.C4H10O.H3NO/c1-11(2)7-14(5,6)10-17-8-13(15-16-17)9-18-12(3)4;1-4(2)3-5;1-2/h8,11-12H,7,9-10H2,1-6H3;4-5H,3H2,1-2H3;2H,1H2. The lowest BCUT2D eigenvalue weighted by Crippen LogP contribution is -2.22. The molecule has 7 heteroatoms. The van der Waals surface area contributed by atoms with Crippen molar-refractivity contribution in [1.29, 1.82) is 0 Å². The summed E-state index contributed by atoms with van der Waals surface area (Å²) in [4.78, 5) is 0. The highest BCUT2D eigenvalue weighted by Crippen LogP contribution is 2.26. The summed E-state index contributed by atoms with van der Waals surface area (Å²) in [6.07, 6.45) is 3.40. The molecule has 25 heavy (non-hydrogen) atoms. The molecule has 150 valence electrons. The highest BCUT2D eigenvalue weighted by atomic mass is 16.5. The molecule has 4 N–H and O–H groups in total. The Balaban J connectivity index is 0. The van der Waals surface area contributed by atoms with E-state index in [1.165, 1.54) is 6.42 Å². The molecule has 0 aliphatic rings. The van der Waals surface area contributed by atoms with Gasteiger partial charge in [-0.05, 0) is 37.5 Å². The SMILES string of the molecule is CC(C)CC(C)(C)Cn1cc(COC(C)C)nn1.CC(C)CO.NO. The van der Waals surface area contributed by atoms with E-state index in [4.69, 9.17) is 15.1 Å². The summed E-state index contributed by atoms with van der Waals surface area (Å²) >= 11 is 0. The van der Waals surface area contributed by atoms with E-state index in [2.05, 4.69) is 43.9 Å². The first-order valence-corrected chi connectivity index (χ1v) is 8.93. The van der Waals surface area contributed by atoms with Crippen molar-refractivity contribution in [2.24, 2.45) is 23.1 Å². The minimum Gasteiger partial charge on any atom is -0.396 e. The highest BCUT2D eigenvalue weighted by Gasteiger charge is 2.21. The van der Waals surface area contributed by atoms with E-state index < -0.39 is 0 Å². The van der Waals surface area contributed by atoms with Crippen LogP contribution in [0, 0.1) is 17.3 Å². The van der Waals surface area contributed by atoms with Crippen molar-refractivity contribution in [2.75, 3.05) is 6.61 Å². The van der Waals surface area contributed by atoms with Gasteiger partial charge in [0.2, 0.25) is 0 Å². The molecule has 1 rings (SSSR count). The van der Waals surface area contributed by atoms with E-state index in [1.54, 1.807) is 0 Å². The first-order valence-electron chi connectivity index (χ1n) is 8.93. The van der Waals surface area contributed by atoms with Crippen LogP contribution in [-0.4, -0.2) is 38.0 Å². The smallest absolute Gasteiger partial charge is 0.108 e. The van der Waals surface area contributed by atoms with E-state index in [9.17, 15) is 0 Å². The zero-order valence-corrected chi connectivity index (χ0v) is 17.4. The Kier molecular flexibility index (Phi) is 14.9. The molecule has 0 bridgehead atoms. The van der Waals surface area contributed by atoms with Crippen LogP contribution < -0.4 is 5.90 Å². The summed E-state index contributed by atoms with van der Waals surface area (Å²) in [7, 11) is 0. The van der Waals surface area contributed by atoms with E-state index >= 15 is 0 Å². The molecule has 0 spiro atoms. The second kappa shape index (κ2) is 14.2. The van der Waals surface area contributed by atoms with Gasteiger partial charge in [-0.3, -0.25) is 4.68 Å². The molecule has 0 amide bonds. The second-order valence-corrected chi connectivity index (χ2v) is 8.11. The molecule has 0 aliphatic carbocycles. The first-order chi connectivity index (χ1) is 11.6. The fourth-order valence-corrected chi connectivity index (χ4v) is 2.34. The van der Waals surface area contributed by atoms with Crippen LogP contribution in [-0.2, 0) is 17.9 Å². The van der Waals surface area contributed by atoms with Gasteiger partial charge in [-0.15, -0.1) is 5.10 Å². The van der Waals surface area contributed by atoms with Gasteiger partial charge in [0.05, 0.1) is 18.9 Å². The van der Waals surface area contributed by atoms with Crippen molar-refractivity contribution in [2.45, 2.75) is 81.1 Å². The Morgan fingerprint density at radius 1 is 1.12 bits per heavy atom. The number of nitrogens with zero attached hydrogens (tertiary/aromatic N) is 3. The van der Waals surface area contributed by atoms with Crippen LogP contribution in [0.1, 0.15) is 67.5 Å². The van der Waals surface area contributed by atoms with Crippen LogP contribution in [0.4, 0.5) is 0 Å². The normalized spacial score (nSPS) is 11.3. The number of aromatic nitrogens is 3. The molecule has 1 aromatic heterocycles. The summed E-state index contributed by atoms with van der Waals surface area (Å²) in [6.45, 7) is 18.8. The Bertz CT molecular complexity index is 418. The summed E-state index contributed by atoms with van der Waals surface area (Å²) < 4.78 is 7.45. The lowest BCUT2D eigenvalue weighted by atomic mass is 9.84. The summed E-state index contributed by atoms with van der Waals surface area (Å²) in [5.41, 5.74) is 1.15. The second-order valence-electron chi connectivity index (χ2n) is 8.11. The van der Waals surface area contributed by atoms with Crippen molar-refractivity contribution in [3.05, 3.63) is 11.9 Å². The summed E-state index contributed by atoms with van der Waals surface area (Å²) in [6, 6.07) is 0. The third kappa shape index (κ3) is 16.2. The predicted molar refractivity (Wildman–Crippen MR) is 101 cm³/mol. The average molecular weight is 361 g/mol. The number of rotatable bonds is 8. The Hall–Kier alpha value is -1.02. The minimum atomic E-state index is 0.229. The molecule has 1 aromatic rings. The van der Waals surface area contributed by atoms with Gasteiger partial charge in [-0.2, -0.15) is 0 Å². The summed E-state index contributed by atoms with van der Waals surface area (Å²) in [5.74, 6) is 4.64. The molecule has 0 atom stereocenters. The zero-order valence-electron chi connectivity index (χ0n) is 17.4. The van der Waals surface area contributed by atoms with Crippen molar-refractivity contribution in [3.63, 3.8) is 0 Å². The van der Waals surface area contributed by atoms with Gasteiger partial charge in [-0.25, -0.2) is 5.90 Å². The van der Waals surface area contributed by atoms with Crippen LogP contribution in [0.3, 0.4) is 0 Å². The van der Waals surface area contributed by atoms with Gasteiger partial charge < -0.3 is 15.1 Å². The molecular formula is C18H40N4O3. The largest absolute Gasteiger partial charge is 0.396 e. The number of aliphatic hydroxyl groups excluding tert-OH is 1. The molecule has 0 aromatic carbocycles. The van der Waals surface area contributed by atoms with Crippen molar-refractivity contribution in [1.82, 2.24) is 15.0 Å². The molecule has 0 saturated heterocycles. The molecule has 0 fully saturated rings. The van der Waals surface area contributed by atoms with Crippen LogP contribution >= 0.6 is 0 Å². The molecular weight excluding hydrogens is 320 g/mol. The number of hydrogen-bond acceptors (Lipinski definition) is 6. The van der Waals surface area contributed by atoms with Crippen LogP contribution in [0.15, 0.2) is 6.20 Å². The maximum Gasteiger partial charge on any atom is 0.108 e. The monoisotopic (exact) mass is 360 g/mol. The van der Waals surface area contributed by atoms with Gasteiger partial charge in [0, 0.05) is 13.2 Å². The lowest BCUT2D eigenvalue weighted by molar-refractivity contribution is 0.0635. The molecule has 7 nitrogen and oxygen atoms in total. The maximum atomic E-state index is 8.14. The molecule has 1 heterocycles. The highest BCUT2D eigenvalue weighted by molar-refractivity contribution is 4.90. The van der Waals surface area contributed by atoms with E-state index in [0.717, 1.165) is 12.2 Å². The van der Waals surface area contributed by atoms with Crippen LogP contribution in [0.5, 0.6) is 0 Å². The molecule has 0 aliphatic heterocycles. The average Bonchev–Trinajstić information content (AvgIpc) is 2.93. The van der Waals surface area contributed by atoms with Crippen LogP contribution in [0.2, 0.25) is 0 Å². The Morgan fingerprint density at radius 3 is 2.04 bits per heavy atom. The van der Waals surface area contributed by atoms with Gasteiger partial charge in [0.1, 0.15) is 5.69 Å². The van der Waals surface area contributed by atoms with Gasteiger partial charge in [0.15, 0.2) is 0 Å². The molecule has 0 saturated carbocycles. The topological polar surface area (TPSA) is 106 Å². The van der Waals surface area contributed by atoms with Crippen molar-refractivity contribution in [3.8, 4) is 0 Å². The van der Waals surface area contributed by atoms with E-state index in [1.807, 2.05) is 38.6 Å². The first kappa shape index (κ1) is 26.2. The fourth-order valence-electron chi connectivity index (χ4n) is 2.34. The Labute approximate surface area is 153 Å². The maximum absolute atomic E-state index is 8.14. The fraction of sp³-hybridized carbons (Fsp3) is 0.889. The van der Waals surface area contributed by atoms with Gasteiger partial charge in [-0.1, -0.05) is 46.8 Å². The van der Waals surface area contributed by atoms with Crippen LogP contribution in [0.25, 0.3) is 0 Å². The number of aliphatic hydroxyl groups is 1. The number of hydrogen-bond donors (Lipinski definition) is 3. The number of ether oxygens (including phenoxy) is 1. The molecule has 0 unspecified atom stereocenters. The van der Waals surface area contributed by atoms with Crippen molar-refractivity contribution < 1.29 is 15.1 Å². The molecule has 0 radical (unpaired) electrons.